The molecule has 0 bridgehead atoms. The first kappa shape index (κ1) is 17.6. The molecule has 0 aromatic heterocycles. The molecule has 0 amide bonds. The standard InChI is InChI=1S/C14H23N5S2/c1-18(2)10-9-15-13(20)17-19(3)14(21)16-11-12-7-5-4-6-8-12/h4-8H,9-11H2,1-3H3,(H,16,21)(H2,15,17,20). The summed E-state index contributed by atoms with van der Waals surface area (Å²) in [5.41, 5.74) is 4.20. The number of nitrogens with zero attached hydrogens (tertiary/aromatic N) is 2. The molecule has 1 aromatic rings. The molecule has 0 heterocycles. The summed E-state index contributed by atoms with van der Waals surface area (Å²) in [5, 5.41) is 9.15. The highest BCUT2D eigenvalue weighted by atomic mass is 32.1. The van der Waals surface area contributed by atoms with Gasteiger partial charge in [0, 0.05) is 26.7 Å². The fraction of sp³-hybridized carbons (Fsp3) is 0.429. The van der Waals surface area contributed by atoms with Crippen molar-refractivity contribution in [3.05, 3.63) is 35.9 Å². The van der Waals surface area contributed by atoms with Gasteiger partial charge in [-0.2, -0.15) is 0 Å². The van der Waals surface area contributed by atoms with Gasteiger partial charge in [-0.25, -0.2) is 0 Å². The third-order valence-corrected chi connectivity index (χ3v) is 3.36. The second kappa shape index (κ2) is 9.49. The van der Waals surface area contributed by atoms with Crippen LogP contribution in [-0.4, -0.2) is 54.4 Å². The van der Waals surface area contributed by atoms with Crippen molar-refractivity contribution in [2.24, 2.45) is 0 Å². The first-order valence-corrected chi connectivity index (χ1v) is 7.55. The van der Waals surface area contributed by atoms with Gasteiger partial charge in [-0.1, -0.05) is 30.3 Å². The van der Waals surface area contributed by atoms with Crippen LogP contribution in [0.2, 0.25) is 0 Å². The van der Waals surface area contributed by atoms with Crippen LogP contribution in [0.4, 0.5) is 0 Å². The minimum absolute atomic E-state index is 0.559. The van der Waals surface area contributed by atoms with Crippen molar-refractivity contribution < 1.29 is 0 Å². The Hall–Kier alpha value is -1.44. The number of thiocarbonyl (C=S) groups is 2. The van der Waals surface area contributed by atoms with E-state index in [0.29, 0.717) is 16.8 Å². The molecule has 5 nitrogen and oxygen atoms in total. The summed E-state index contributed by atoms with van der Waals surface area (Å²) < 4.78 is 0. The van der Waals surface area contributed by atoms with Crippen molar-refractivity contribution >= 4 is 34.7 Å². The van der Waals surface area contributed by atoms with Gasteiger partial charge in [0.2, 0.25) is 0 Å². The number of hydrazine groups is 1. The maximum atomic E-state index is 5.31. The highest BCUT2D eigenvalue weighted by molar-refractivity contribution is 7.80. The number of nitrogens with one attached hydrogen (secondary N) is 3. The number of benzene rings is 1. The number of hydrogen-bond donors (Lipinski definition) is 3. The fourth-order valence-electron chi connectivity index (χ4n) is 1.53. The summed E-state index contributed by atoms with van der Waals surface area (Å²) in [6, 6.07) is 10.1. The van der Waals surface area contributed by atoms with Gasteiger partial charge in [0.15, 0.2) is 10.2 Å². The van der Waals surface area contributed by atoms with Gasteiger partial charge in [-0.3, -0.25) is 10.4 Å². The Balaban J connectivity index is 2.25. The summed E-state index contributed by atoms with van der Waals surface area (Å²) >= 11 is 10.5. The van der Waals surface area contributed by atoms with Crippen molar-refractivity contribution in [3.8, 4) is 0 Å². The van der Waals surface area contributed by atoms with E-state index in [-0.39, 0.29) is 0 Å². The molecule has 0 aliphatic carbocycles. The summed E-state index contributed by atoms with van der Waals surface area (Å²) in [4.78, 5) is 2.09. The second-order valence-corrected chi connectivity index (χ2v) is 5.67. The number of rotatable bonds is 5. The number of likely N-dealkylation sites (N-methyl/N-ethyl adjacent to an activating group) is 1. The highest BCUT2D eigenvalue weighted by Gasteiger charge is 2.05. The predicted octanol–water partition coefficient (Wildman–Crippen LogP) is 0.934. The topological polar surface area (TPSA) is 42.6 Å². The van der Waals surface area contributed by atoms with Crippen LogP contribution in [0.3, 0.4) is 0 Å². The van der Waals surface area contributed by atoms with E-state index >= 15 is 0 Å². The van der Waals surface area contributed by atoms with Gasteiger partial charge in [0.05, 0.1) is 0 Å². The molecular formula is C14H23N5S2. The molecule has 1 aromatic carbocycles. The quantitative estimate of drug-likeness (QED) is 0.550. The van der Waals surface area contributed by atoms with Crippen LogP contribution in [0.5, 0.6) is 0 Å². The molecule has 0 saturated heterocycles. The monoisotopic (exact) mass is 325 g/mol. The van der Waals surface area contributed by atoms with Crippen LogP contribution < -0.4 is 16.1 Å². The molecule has 0 atom stereocenters. The molecular weight excluding hydrogens is 302 g/mol. The molecule has 0 fully saturated rings. The van der Waals surface area contributed by atoms with Crippen molar-refractivity contribution in [1.29, 1.82) is 0 Å². The summed E-state index contributed by atoms with van der Waals surface area (Å²) in [6.07, 6.45) is 0. The molecule has 0 radical (unpaired) electrons. The zero-order chi connectivity index (χ0) is 15.7. The number of hydrogen-bond acceptors (Lipinski definition) is 3. The predicted molar refractivity (Wildman–Crippen MR) is 95.9 cm³/mol. The lowest BCUT2D eigenvalue weighted by atomic mass is 10.2. The van der Waals surface area contributed by atoms with Crippen LogP contribution in [0.25, 0.3) is 0 Å². The van der Waals surface area contributed by atoms with Crippen molar-refractivity contribution in [3.63, 3.8) is 0 Å². The molecule has 7 heteroatoms. The minimum atomic E-state index is 0.559. The van der Waals surface area contributed by atoms with Crippen LogP contribution in [0.1, 0.15) is 5.56 Å². The molecule has 3 N–H and O–H groups in total. The van der Waals surface area contributed by atoms with Gasteiger partial charge < -0.3 is 15.5 Å². The van der Waals surface area contributed by atoms with Crippen molar-refractivity contribution in [1.82, 2.24) is 26.0 Å². The molecule has 21 heavy (non-hydrogen) atoms. The van der Waals surface area contributed by atoms with E-state index < -0.39 is 0 Å². The lowest BCUT2D eigenvalue weighted by molar-refractivity contribution is 0.405. The highest BCUT2D eigenvalue weighted by Crippen LogP contribution is 1.97. The lowest BCUT2D eigenvalue weighted by Crippen LogP contribution is -2.51. The van der Waals surface area contributed by atoms with E-state index in [1.54, 1.807) is 5.01 Å². The first-order chi connectivity index (χ1) is 9.99. The molecule has 0 unspecified atom stereocenters. The zero-order valence-electron chi connectivity index (χ0n) is 12.7. The van der Waals surface area contributed by atoms with Crippen LogP contribution >= 0.6 is 24.4 Å². The van der Waals surface area contributed by atoms with Crippen molar-refractivity contribution in [2.45, 2.75) is 6.54 Å². The first-order valence-electron chi connectivity index (χ1n) is 6.73. The molecule has 0 saturated carbocycles. The van der Waals surface area contributed by atoms with Gasteiger partial charge in [-0.05, 0) is 44.1 Å². The van der Waals surface area contributed by atoms with Gasteiger partial charge >= 0.3 is 0 Å². The van der Waals surface area contributed by atoms with E-state index in [9.17, 15) is 0 Å². The Morgan fingerprint density at radius 1 is 1.05 bits per heavy atom. The molecule has 0 aliphatic heterocycles. The summed E-state index contributed by atoms with van der Waals surface area (Å²) in [7, 11) is 5.88. The average Bonchev–Trinajstić information content (AvgIpc) is 2.45. The van der Waals surface area contributed by atoms with E-state index in [2.05, 4.69) is 33.1 Å². The molecule has 0 aliphatic rings. The summed E-state index contributed by atoms with van der Waals surface area (Å²) in [6.45, 7) is 2.39. The third-order valence-electron chi connectivity index (χ3n) is 2.71. The van der Waals surface area contributed by atoms with Crippen LogP contribution in [0.15, 0.2) is 30.3 Å². The smallest absolute Gasteiger partial charge is 0.187 e. The fourth-order valence-corrected chi connectivity index (χ4v) is 1.88. The molecule has 1 rings (SSSR count). The molecule has 116 valence electrons. The van der Waals surface area contributed by atoms with E-state index in [4.69, 9.17) is 24.4 Å². The van der Waals surface area contributed by atoms with Crippen LogP contribution in [-0.2, 0) is 6.54 Å². The Bertz CT molecular complexity index is 450. The third kappa shape index (κ3) is 7.79. The SMILES string of the molecule is CN(C)CCNC(=S)NN(C)C(=S)NCc1ccccc1. The van der Waals surface area contributed by atoms with Gasteiger partial charge in [0.25, 0.3) is 0 Å². The normalized spacial score (nSPS) is 10.1. The second-order valence-electron chi connectivity index (χ2n) is 4.87. The van der Waals surface area contributed by atoms with Crippen molar-refractivity contribution in [2.75, 3.05) is 34.2 Å². The average molecular weight is 326 g/mol. The molecule has 0 spiro atoms. The van der Waals surface area contributed by atoms with E-state index in [1.807, 2.05) is 39.3 Å². The lowest BCUT2D eigenvalue weighted by Gasteiger charge is -2.23. The van der Waals surface area contributed by atoms with Gasteiger partial charge in [0.1, 0.15) is 0 Å². The Kier molecular flexibility index (Phi) is 7.96. The Morgan fingerprint density at radius 3 is 2.33 bits per heavy atom. The Labute approximate surface area is 137 Å². The summed E-state index contributed by atoms with van der Waals surface area (Å²) in [5.74, 6) is 0. The zero-order valence-corrected chi connectivity index (χ0v) is 14.4. The Morgan fingerprint density at radius 2 is 1.71 bits per heavy atom. The van der Waals surface area contributed by atoms with Gasteiger partial charge in [-0.15, -0.1) is 0 Å². The van der Waals surface area contributed by atoms with E-state index in [1.165, 1.54) is 5.56 Å². The van der Waals surface area contributed by atoms with Crippen LogP contribution in [0, 0.1) is 0 Å². The maximum absolute atomic E-state index is 5.31. The minimum Gasteiger partial charge on any atom is -0.360 e. The largest absolute Gasteiger partial charge is 0.360 e. The maximum Gasteiger partial charge on any atom is 0.187 e. The van der Waals surface area contributed by atoms with E-state index in [0.717, 1.165) is 13.1 Å².